The van der Waals surface area contributed by atoms with Gasteiger partial charge in [-0.2, -0.15) is 0 Å². The molecule has 3 aliphatic rings. The van der Waals surface area contributed by atoms with E-state index < -0.39 is 0 Å². The number of allylic oxidation sites excluding steroid dienone is 2. The second kappa shape index (κ2) is 5.94. The molecule has 0 saturated heterocycles. The van der Waals surface area contributed by atoms with Crippen molar-refractivity contribution in [2.24, 2.45) is 28.6 Å². The highest BCUT2D eigenvalue weighted by Crippen LogP contribution is 2.55. The zero-order valence-electron chi connectivity index (χ0n) is 14.6. The van der Waals surface area contributed by atoms with E-state index in [9.17, 15) is 10.2 Å². The molecule has 0 spiro atoms. The first-order valence-electron chi connectivity index (χ1n) is 9.41. The van der Waals surface area contributed by atoms with Crippen LogP contribution in [-0.2, 0) is 0 Å². The number of rotatable bonds is 3. The quantitative estimate of drug-likeness (QED) is 0.763. The van der Waals surface area contributed by atoms with Gasteiger partial charge in [-0.3, -0.25) is 0 Å². The minimum atomic E-state index is -0.264. The Labute approximate surface area is 136 Å². The lowest BCUT2D eigenvalue weighted by Crippen LogP contribution is -2.47. The average Bonchev–Trinajstić information content (AvgIpc) is 2.73. The Balaban J connectivity index is 1.76. The number of aliphatic hydroxyl groups is 2. The van der Waals surface area contributed by atoms with Crippen LogP contribution >= 0.6 is 0 Å². The fraction of sp³-hybridized carbons (Fsp3) is 0.900. The summed E-state index contributed by atoms with van der Waals surface area (Å²) in [4.78, 5) is 0. The third-order valence-electron chi connectivity index (χ3n) is 7.82. The molecule has 0 aromatic heterocycles. The number of hydrogen-bond acceptors (Lipinski definition) is 2. The van der Waals surface area contributed by atoms with Crippen molar-refractivity contribution in [3.63, 3.8) is 0 Å². The molecular weight excluding hydrogens is 272 g/mol. The van der Waals surface area contributed by atoms with E-state index in [1.165, 1.54) is 19.3 Å². The molecule has 7 atom stereocenters. The third-order valence-corrected chi connectivity index (χ3v) is 7.82. The zero-order chi connectivity index (χ0) is 16.0. The van der Waals surface area contributed by atoms with Gasteiger partial charge in [0.25, 0.3) is 0 Å². The SMILES string of the molecule is C[C@@H]1CCC(O)[C@@]1(C)C[C@H](O)[C@H]1CCC[C@H]2C=CCC[C@@]21C. The summed E-state index contributed by atoms with van der Waals surface area (Å²) < 4.78 is 0. The summed E-state index contributed by atoms with van der Waals surface area (Å²) >= 11 is 0. The van der Waals surface area contributed by atoms with Crippen molar-refractivity contribution < 1.29 is 10.2 Å². The summed E-state index contributed by atoms with van der Waals surface area (Å²) in [5, 5.41) is 21.5. The molecule has 2 fully saturated rings. The molecule has 2 nitrogen and oxygen atoms in total. The molecule has 1 unspecified atom stereocenters. The highest BCUT2D eigenvalue weighted by molar-refractivity contribution is 5.08. The number of hydrogen-bond donors (Lipinski definition) is 2. The van der Waals surface area contributed by atoms with Gasteiger partial charge in [0.2, 0.25) is 0 Å². The van der Waals surface area contributed by atoms with Crippen LogP contribution in [0.25, 0.3) is 0 Å². The number of fused-ring (bicyclic) bond motifs is 1. The van der Waals surface area contributed by atoms with Crippen molar-refractivity contribution >= 4 is 0 Å². The van der Waals surface area contributed by atoms with Gasteiger partial charge in [0.05, 0.1) is 12.2 Å². The molecule has 126 valence electrons. The average molecular weight is 306 g/mol. The zero-order valence-corrected chi connectivity index (χ0v) is 14.6. The van der Waals surface area contributed by atoms with E-state index in [2.05, 4.69) is 32.9 Å². The predicted octanol–water partition coefficient (Wildman–Crippen LogP) is 4.31. The van der Waals surface area contributed by atoms with E-state index >= 15 is 0 Å². The van der Waals surface area contributed by atoms with Crippen molar-refractivity contribution in [1.29, 1.82) is 0 Å². The van der Waals surface area contributed by atoms with Crippen molar-refractivity contribution in [1.82, 2.24) is 0 Å². The maximum Gasteiger partial charge on any atom is 0.0597 e. The van der Waals surface area contributed by atoms with E-state index in [1.807, 2.05) is 0 Å². The second-order valence-corrected chi connectivity index (χ2v) is 8.89. The summed E-state index contributed by atoms with van der Waals surface area (Å²) in [6.45, 7) is 6.85. The Morgan fingerprint density at radius 2 is 1.95 bits per heavy atom. The molecule has 0 heterocycles. The fourth-order valence-corrected chi connectivity index (χ4v) is 5.79. The first kappa shape index (κ1) is 16.5. The van der Waals surface area contributed by atoms with E-state index in [4.69, 9.17) is 0 Å². The molecule has 2 saturated carbocycles. The Bertz CT molecular complexity index is 419. The molecule has 2 heteroatoms. The largest absolute Gasteiger partial charge is 0.393 e. The summed E-state index contributed by atoms with van der Waals surface area (Å²) in [7, 11) is 0. The lowest BCUT2D eigenvalue weighted by Gasteiger charge is -2.51. The topological polar surface area (TPSA) is 40.5 Å². The molecule has 3 aliphatic carbocycles. The molecule has 0 aliphatic heterocycles. The highest BCUT2D eigenvalue weighted by atomic mass is 16.3. The van der Waals surface area contributed by atoms with Crippen LogP contribution in [0.3, 0.4) is 0 Å². The molecule has 0 radical (unpaired) electrons. The first-order valence-corrected chi connectivity index (χ1v) is 9.41. The van der Waals surface area contributed by atoms with Gasteiger partial charge in [-0.05, 0) is 73.5 Å². The van der Waals surface area contributed by atoms with Gasteiger partial charge in [-0.25, -0.2) is 0 Å². The van der Waals surface area contributed by atoms with Crippen molar-refractivity contribution in [2.75, 3.05) is 0 Å². The van der Waals surface area contributed by atoms with Gasteiger partial charge in [-0.1, -0.05) is 39.3 Å². The van der Waals surface area contributed by atoms with Gasteiger partial charge in [-0.15, -0.1) is 0 Å². The van der Waals surface area contributed by atoms with Crippen LogP contribution in [0.2, 0.25) is 0 Å². The van der Waals surface area contributed by atoms with Crippen LogP contribution < -0.4 is 0 Å². The van der Waals surface area contributed by atoms with Gasteiger partial charge in [0, 0.05) is 0 Å². The molecule has 22 heavy (non-hydrogen) atoms. The van der Waals surface area contributed by atoms with E-state index in [1.54, 1.807) is 0 Å². The molecule has 0 amide bonds. The molecule has 3 rings (SSSR count). The maximum atomic E-state index is 11.1. The Kier molecular flexibility index (Phi) is 4.46. The van der Waals surface area contributed by atoms with Crippen LogP contribution in [0.1, 0.15) is 72.1 Å². The Morgan fingerprint density at radius 1 is 1.18 bits per heavy atom. The van der Waals surface area contributed by atoms with E-state index in [-0.39, 0.29) is 23.0 Å². The molecule has 0 bridgehead atoms. The van der Waals surface area contributed by atoms with E-state index in [0.29, 0.717) is 17.8 Å². The van der Waals surface area contributed by atoms with Crippen LogP contribution in [0.4, 0.5) is 0 Å². The van der Waals surface area contributed by atoms with Gasteiger partial charge in [0.1, 0.15) is 0 Å². The van der Waals surface area contributed by atoms with Crippen molar-refractivity contribution in [3.05, 3.63) is 12.2 Å². The Hall–Kier alpha value is -0.340. The third kappa shape index (κ3) is 2.57. The van der Waals surface area contributed by atoms with Crippen molar-refractivity contribution in [2.45, 2.75) is 84.3 Å². The van der Waals surface area contributed by atoms with E-state index in [0.717, 1.165) is 32.1 Å². The highest BCUT2D eigenvalue weighted by Gasteiger charge is 2.50. The summed E-state index contributed by atoms with van der Waals surface area (Å²) in [5.41, 5.74) is 0.156. The smallest absolute Gasteiger partial charge is 0.0597 e. The molecular formula is C20H34O2. The second-order valence-electron chi connectivity index (χ2n) is 8.89. The molecule has 0 aromatic carbocycles. The van der Waals surface area contributed by atoms with Gasteiger partial charge in [0.15, 0.2) is 0 Å². The summed E-state index contributed by atoms with van der Waals surface area (Å²) in [6, 6.07) is 0. The van der Waals surface area contributed by atoms with Crippen LogP contribution in [0.5, 0.6) is 0 Å². The lowest BCUT2D eigenvalue weighted by atomic mass is 9.55. The maximum absolute atomic E-state index is 11.1. The van der Waals surface area contributed by atoms with Crippen LogP contribution in [0, 0.1) is 28.6 Å². The summed E-state index contributed by atoms with van der Waals surface area (Å²) in [6.07, 6.45) is 13.1. The normalized spacial score (nSPS) is 49.9. The monoisotopic (exact) mass is 306 g/mol. The van der Waals surface area contributed by atoms with Gasteiger partial charge >= 0.3 is 0 Å². The number of aliphatic hydroxyl groups excluding tert-OH is 2. The van der Waals surface area contributed by atoms with Crippen LogP contribution in [-0.4, -0.2) is 22.4 Å². The predicted molar refractivity (Wildman–Crippen MR) is 90.4 cm³/mol. The first-order chi connectivity index (χ1) is 10.4. The van der Waals surface area contributed by atoms with Crippen LogP contribution in [0.15, 0.2) is 12.2 Å². The van der Waals surface area contributed by atoms with Gasteiger partial charge < -0.3 is 10.2 Å². The Morgan fingerprint density at radius 3 is 2.64 bits per heavy atom. The minimum absolute atomic E-state index is 0.104. The minimum Gasteiger partial charge on any atom is -0.393 e. The molecule has 2 N–H and O–H groups in total. The molecule has 0 aromatic rings. The lowest BCUT2D eigenvalue weighted by molar-refractivity contribution is -0.0748. The standard InChI is InChI=1S/C20H34O2/c1-14-10-11-18(22)20(14,3)13-17(21)16-9-6-8-15-7-4-5-12-19(15,16)2/h4,7,14-18,21-22H,5-6,8-13H2,1-3H3/t14-,15-,16-,17+,18?,19+,20+/m1/s1. The summed E-state index contributed by atoms with van der Waals surface area (Å²) in [5.74, 6) is 1.55. The van der Waals surface area contributed by atoms with Crippen molar-refractivity contribution in [3.8, 4) is 0 Å². The fourth-order valence-electron chi connectivity index (χ4n) is 5.79.